The minimum atomic E-state index is -1.78. The van der Waals surface area contributed by atoms with Crippen molar-refractivity contribution in [2.75, 3.05) is 6.61 Å². The predicted molar refractivity (Wildman–Crippen MR) is 197 cm³/mol. The molecule has 0 spiro atoms. The van der Waals surface area contributed by atoms with Gasteiger partial charge in [-0.05, 0) is 80.5 Å². The zero-order chi connectivity index (χ0) is 40.3. The van der Waals surface area contributed by atoms with Gasteiger partial charge in [-0.2, -0.15) is 0 Å². The van der Waals surface area contributed by atoms with E-state index < -0.39 is 49.3 Å². The Hall–Kier alpha value is -5.36. The third-order valence-electron chi connectivity index (χ3n) is 10.2. The van der Waals surface area contributed by atoms with E-state index in [1.807, 2.05) is 13.8 Å². The Labute approximate surface area is 316 Å². The van der Waals surface area contributed by atoms with Crippen LogP contribution in [0.15, 0.2) is 59.0 Å². The highest BCUT2D eigenvalue weighted by Gasteiger charge is 2.45. The topological polar surface area (TPSA) is 253 Å². The van der Waals surface area contributed by atoms with E-state index in [2.05, 4.69) is 33.8 Å². The number of ether oxygens (including phenoxy) is 1. The molecular weight excluding hydrogens is 716 g/mol. The van der Waals surface area contributed by atoms with Gasteiger partial charge in [-0.25, -0.2) is 4.79 Å². The molecule has 9 N–H and O–H groups in total. The molecule has 16 heteroatoms. The van der Waals surface area contributed by atoms with Gasteiger partial charge in [0.15, 0.2) is 0 Å². The second kappa shape index (κ2) is 17.0. The molecule has 2 amide bonds. The number of aliphatic carboxylic acids is 1. The van der Waals surface area contributed by atoms with Crippen LogP contribution in [0.4, 0.5) is 0 Å². The molecule has 0 aliphatic carbocycles. The normalized spacial score (nSPS) is 24.2. The van der Waals surface area contributed by atoms with Crippen molar-refractivity contribution in [3.8, 4) is 0 Å². The van der Waals surface area contributed by atoms with Crippen molar-refractivity contribution >= 4 is 35.9 Å². The van der Waals surface area contributed by atoms with Crippen LogP contribution in [0.1, 0.15) is 71.7 Å². The minimum Gasteiger partial charge on any atom is -0.481 e. The maximum Gasteiger partial charge on any atom is 0.342 e. The van der Waals surface area contributed by atoms with Gasteiger partial charge in [0.2, 0.25) is 6.29 Å². The lowest BCUT2D eigenvalue weighted by Gasteiger charge is -2.38. The number of aliphatic hydroxyl groups is 4. The summed E-state index contributed by atoms with van der Waals surface area (Å²) in [6.07, 6.45) is -1.22. The van der Waals surface area contributed by atoms with E-state index in [4.69, 9.17) is 14.5 Å². The second-order valence-electron chi connectivity index (χ2n) is 13.6. The second-order valence-corrected chi connectivity index (χ2v) is 13.6. The van der Waals surface area contributed by atoms with E-state index in [9.17, 15) is 44.7 Å². The molecule has 0 aromatic carbocycles. The summed E-state index contributed by atoms with van der Waals surface area (Å²) in [5, 5.41) is 55.0. The van der Waals surface area contributed by atoms with E-state index in [0.29, 0.717) is 56.5 Å². The average Bonchev–Trinajstić information content (AvgIpc) is 3.80. The van der Waals surface area contributed by atoms with E-state index >= 15 is 0 Å². The van der Waals surface area contributed by atoms with Crippen LogP contribution in [0, 0.1) is 13.8 Å². The lowest BCUT2D eigenvalue weighted by atomic mass is 9.98. The molecule has 0 unspecified atom stereocenters. The Balaban J connectivity index is 1.47. The van der Waals surface area contributed by atoms with Crippen molar-refractivity contribution in [3.63, 3.8) is 0 Å². The van der Waals surface area contributed by atoms with Gasteiger partial charge in [0, 0.05) is 58.0 Å². The number of carboxylic acids is 1. The van der Waals surface area contributed by atoms with Crippen LogP contribution in [0.3, 0.4) is 0 Å². The maximum absolute atomic E-state index is 13.0. The fourth-order valence-corrected chi connectivity index (χ4v) is 6.90. The molecule has 1 fully saturated rings. The van der Waals surface area contributed by atoms with E-state index in [1.54, 1.807) is 32.1 Å². The summed E-state index contributed by atoms with van der Waals surface area (Å²) in [4.78, 5) is 66.4. The number of allylic oxidation sites excluding steroid dienone is 2. The zero-order valence-electron chi connectivity index (χ0n) is 30.9. The van der Waals surface area contributed by atoms with E-state index in [0.717, 1.165) is 22.3 Å². The molecule has 294 valence electrons. The molecule has 0 radical (unpaired) electrons. The number of rotatable bonds is 15. The lowest BCUT2D eigenvalue weighted by molar-refractivity contribution is -0.405. The zero-order valence-corrected chi connectivity index (χ0v) is 30.9. The Morgan fingerprint density at radius 2 is 1.35 bits per heavy atom. The van der Waals surface area contributed by atoms with Gasteiger partial charge >= 0.3 is 11.9 Å². The monoisotopic (exact) mass is 762 g/mol. The van der Waals surface area contributed by atoms with Crippen molar-refractivity contribution in [1.82, 2.24) is 20.6 Å². The van der Waals surface area contributed by atoms with Gasteiger partial charge in [-0.1, -0.05) is 25.3 Å². The van der Waals surface area contributed by atoms with Gasteiger partial charge in [0.25, 0.3) is 11.8 Å². The smallest absolute Gasteiger partial charge is 0.342 e. The fourth-order valence-electron chi connectivity index (χ4n) is 6.90. The quantitative estimate of drug-likeness (QED) is 0.0930. The molecule has 0 bridgehead atoms. The number of carboxylic acid groups (broad SMARTS) is 1. The Bertz CT molecular complexity index is 2050. The molecule has 3 aliphatic heterocycles. The van der Waals surface area contributed by atoms with Gasteiger partial charge < -0.3 is 50.9 Å². The highest BCUT2D eigenvalue weighted by Crippen LogP contribution is 2.32. The molecule has 16 nitrogen and oxygen atoms in total. The number of aliphatic hydroxyl groups excluding tert-OH is 4. The molecule has 0 saturated carbocycles. The Morgan fingerprint density at radius 1 is 0.782 bits per heavy atom. The standard InChI is InChI=1S/C39H46N4O12/c1-7-21-20(6)37(51)43-28(21)14-26-19(5)24(10-12-33(47)54-55-39-36(50)35(49)34(48)31(16-44)53-39)30(41-26)15-29-23(9-11-32(45)46)18(4)25(40-29)13-27-17(3)22(8-2)38(52)42-27/h7-8,13-14,31,34-36,39-41,44,48-50H,1-2,9-12,15-16H2,3-6H3,(H,42,52)(H,43,51)(H,45,46)/b27-13-,28-14-/t31-,34-,35+,36-,39+/m1/s1. The van der Waals surface area contributed by atoms with E-state index in [-0.39, 0.29) is 43.9 Å². The molecule has 5 atom stereocenters. The number of H-pyrrole nitrogens is 2. The summed E-state index contributed by atoms with van der Waals surface area (Å²) in [6, 6.07) is 0. The van der Waals surface area contributed by atoms with Gasteiger partial charge in [-0.15, -0.1) is 4.89 Å². The highest BCUT2D eigenvalue weighted by atomic mass is 17.2. The molecule has 2 aromatic rings. The minimum absolute atomic E-state index is 0.120. The van der Waals surface area contributed by atoms with Crippen molar-refractivity contribution in [2.45, 2.75) is 90.5 Å². The van der Waals surface area contributed by atoms with Crippen LogP contribution in [0.2, 0.25) is 0 Å². The molecular formula is C39H46N4O12. The lowest BCUT2D eigenvalue weighted by Crippen LogP contribution is -2.59. The first-order chi connectivity index (χ1) is 26.1. The molecule has 5 heterocycles. The van der Waals surface area contributed by atoms with Gasteiger partial charge in [0.1, 0.15) is 24.4 Å². The van der Waals surface area contributed by atoms with Crippen molar-refractivity contribution in [1.29, 1.82) is 0 Å². The van der Waals surface area contributed by atoms with Crippen LogP contribution in [-0.4, -0.2) is 96.6 Å². The number of aromatic amines is 2. The summed E-state index contributed by atoms with van der Waals surface area (Å²) in [7, 11) is 0. The third-order valence-corrected chi connectivity index (χ3v) is 10.2. The third kappa shape index (κ3) is 8.49. The first kappa shape index (κ1) is 40.8. The first-order valence-electron chi connectivity index (χ1n) is 17.6. The van der Waals surface area contributed by atoms with Crippen LogP contribution in [0.25, 0.3) is 12.2 Å². The number of aromatic nitrogens is 2. The average molecular weight is 763 g/mol. The van der Waals surface area contributed by atoms with Crippen LogP contribution >= 0.6 is 0 Å². The molecule has 5 rings (SSSR count). The largest absolute Gasteiger partial charge is 0.481 e. The number of hydrogen-bond donors (Lipinski definition) is 9. The van der Waals surface area contributed by atoms with E-state index in [1.165, 1.54) is 6.08 Å². The SMILES string of the molecule is C=CC1=C(C)/C(=C/c2[nH]c(Cc3[nH]c(/C=C4\NC(=O)C(C)=C4C=C)c(C)c3CCC(=O)OO[C@@H]3O[C@H](CO)[C@@H](O)[C@H](O)[C@H]3O)c(CCC(=O)O)c2C)NC1=O. The highest BCUT2D eigenvalue weighted by molar-refractivity contribution is 6.03. The fraction of sp³-hybridized carbons (Fsp3) is 0.385. The van der Waals surface area contributed by atoms with Gasteiger partial charge in [0.05, 0.1) is 18.7 Å². The van der Waals surface area contributed by atoms with Crippen molar-refractivity contribution < 1.29 is 59.2 Å². The molecule has 1 saturated heterocycles. The predicted octanol–water partition coefficient (Wildman–Crippen LogP) is 1.72. The Morgan fingerprint density at radius 3 is 1.89 bits per heavy atom. The summed E-state index contributed by atoms with van der Waals surface area (Å²) >= 11 is 0. The van der Waals surface area contributed by atoms with Crippen LogP contribution in [-0.2, 0) is 53.0 Å². The number of amides is 2. The number of nitrogens with one attached hydrogen (secondary N) is 4. The van der Waals surface area contributed by atoms with Crippen LogP contribution < -0.4 is 10.6 Å². The summed E-state index contributed by atoms with van der Waals surface area (Å²) in [6.45, 7) is 14.1. The molecule has 55 heavy (non-hydrogen) atoms. The number of hydrogen-bond acceptors (Lipinski definition) is 11. The summed E-state index contributed by atoms with van der Waals surface area (Å²) in [5.74, 6) is -2.36. The maximum atomic E-state index is 13.0. The summed E-state index contributed by atoms with van der Waals surface area (Å²) in [5.41, 5.74) is 9.11. The van der Waals surface area contributed by atoms with Crippen LogP contribution in [0.5, 0.6) is 0 Å². The molecule has 2 aromatic heterocycles. The first-order valence-corrected chi connectivity index (χ1v) is 17.6. The van der Waals surface area contributed by atoms with Crippen molar-refractivity contribution in [2.24, 2.45) is 0 Å². The van der Waals surface area contributed by atoms with Gasteiger partial charge in [-0.3, -0.25) is 19.3 Å². The molecule has 3 aliphatic rings. The van der Waals surface area contributed by atoms with Crippen molar-refractivity contribution in [3.05, 3.63) is 104 Å². The number of carbonyl (C=O) groups is 4. The summed E-state index contributed by atoms with van der Waals surface area (Å²) < 4.78 is 5.24. The number of carbonyl (C=O) groups excluding carboxylic acids is 3. The Kier molecular flexibility index (Phi) is 12.6.